The van der Waals surface area contributed by atoms with E-state index in [0.29, 0.717) is 23.4 Å². The van der Waals surface area contributed by atoms with Crippen LogP contribution in [0.25, 0.3) is 0 Å². The monoisotopic (exact) mass is 310 g/mol. The SMILES string of the molecule is CCNC(=O)c1cccc(NC(=O)C(=O)c2ccc(C)cc2)c1. The van der Waals surface area contributed by atoms with Crippen molar-refractivity contribution < 1.29 is 14.4 Å². The van der Waals surface area contributed by atoms with Gasteiger partial charge in [0.25, 0.3) is 17.6 Å². The maximum absolute atomic E-state index is 12.1. The van der Waals surface area contributed by atoms with Crippen molar-refractivity contribution in [2.24, 2.45) is 0 Å². The summed E-state index contributed by atoms with van der Waals surface area (Å²) >= 11 is 0. The highest BCUT2D eigenvalue weighted by Crippen LogP contribution is 2.12. The van der Waals surface area contributed by atoms with E-state index < -0.39 is 11.7 Å². The molecule has 5 nitrogen and oxygen atoms in total. The average molecular weight is 310 g/mol. The lowest BCUT2D eigenvalue weighted by atomic mass is 10.1. The van der Waals surface area contributed by atoms with Crippen LogP contribution in [0.1, 0.15) is 33.2 Å². The van der Waals surface area contributed by atoms with E-state index in [4.69, 9.17) is 0 Å². The van der Waals surface area contributed by atoms with E-state index in [2.05, 4.69) is 10.6 Å². The highest BCUT2D eigenvalue weighted by atomic mass is 16.2. The summed E-state index contributed by atoms with van der Waals surface area (Å²) in [6, 6.07) is 13.2. The van der Waals surface area contributed by atoms with Crippen molar-refractivity contribution in [1.82, 2.24) is 5.32 Å². The van der Waals surface area contributed by atoms with Crippen LogP contribution in [0.5, 0.6) is 0 Å². The summed E-state index contributed by atoms with van der Waals surface area (Å²) < 4.78 is 0. The smallest absolute Gasteiger partial charge is 0.296 e. The minimum Gasteiger partial charge on any atom is -0.352 e. The number of carbonyl (C=O) groups is 3. The lowest BCUT2D eigenvalue weighted by molar-refractivity contribution is -0.112. The van der Waals surface area contributed by atoms with E-state index in [1.807, 2.05) is 13.8 Å². The maximum Gasteiger partial charge on any atom is 0.296 e. The summed E-state index contributed by atoms with van der Waals surface area (Å²) in [5.41, 5.74) is 2.16. The van der Waals surface area contributed by atoms with Crippen molar-refractivity contribution >= 4 is 23.3 Å². The number of benzene rings is 2. The molecular weight excluding hydrogens is 292 g/mol. The number of ketones is 1. The lowest BCUT2D eigenvalue weighted by Crippen LogP contribution is -2.24. The fraction of sp³-hybridized carbons (Fsp3) is 0.167. The second-order valence-electron chi connectivity index (χ2n) is 5.09. The van der Waals surface area contributed by atoms with Crippen LogP contribution in [0.2, 0.25) is 0 Å². The summed E-state index contributed by atoms with van der Waals surface area (Å²) in [6.07, 6.45) is 0. The molecule has 0 aliphatic rings. The van der Waals surface area contributed by atoms with E-state index in [1.54, 1.807) is 42.5 Å². The Labute approximate surface area is 134 Å². The number of rotatable bonds is 5. The van der Waals surface area contributed by atoms with Crippen LogP contribution in [-0.2, 0) is 4.79 Å². The fourth-order valence-corrected chi connectivity index (χ4v) is 2.02. The third-order valence-electron chi connectivity index (χ3n) is 3.24. The van der Waals surface area contributed by atoms with E-state index in [9.17, 15) is 14.4 Å². The number of amides is 2. The fourth-order valence-electron chi connectivity index (χ4n) is 2.02. The minimum atomic E-state index is -0.734. The van der Waals surface area contributed by atoms with Crippen LogP contribution in [0.3, 0.4) is 0 Å². The van der Waals surface area contributed by atoms with Gasteiger partial charge in [-0.2, -0.15) is 0 Å². The summed E-state index contributed by atoms with van der Waals surface area (Å²) in [6.45, 7) is 4.24. The molecule has 0 saturated heterocycles. The second kappa shape index (κ2) is 7.35. The molecule has 0 unspecified atom stereocenters. The molecule has 2 amide bonds. The van der Waals surface area contributed by atoms with Crippen LogP contribution in [0.15, 0.2) is 48.5 Å². The molecule has 2 aromatic carbocycles. The number of anilines is 1. The van der Waals surface area contributed by atoms with Crippen molar-refractivity contribution in [3.63, 3.8) is 0 Å². The standard InChI is InChI=1S/C18H18N2O3/c1-3-19-17(22)14-5-4-6-15(11-14)20-18(23)16(21)13-9-7-12(2)8-10-13/h4-11H,3H2,1-2H3,(H,19,22)(H,20,23). The first-order valence-corrected chi connectivity index (χ1v) is 7.32. The van der Waals surface area contributed by atoms with Crippen molar-refractivity contribution in [3.05, 3.63) is 65.2 Å². The summed E-state index contributed by atoms with van der Waals surface area (Å²) in [7, 11) is 0. The molecule has 5 heteroatoms. The summed E-state index contributed by atoms with van der Waals surface area (Å²) in [5, 5.41) is 5.20. The van der Waals surface area contributed by atoms with Gasteiger partial charge in [0.1, 0.15) is 0 Å². The Morgan fingerprint density at radius 1 is 0.957 bits per heavy atom. The number of carbonyl (C=O) groups excluding carboxylic acids is 3. The van der Waals surface area contributed by atoms with Gasteiger partial charge in [-0.3, -0.25) is 14.4 Å². The molecule has 23 heavy (non-hydrogen) atoms. The first-order valence-electron chi connectivity index (χ1n) is 7.32. The Morgan fingerprint density at radius 3 is 2.30 bits per heavy atom. The van der Waals surface area contributed by atoms with Gasteiger partial charge in [0, 0.05) is 23.4 Å². The molecule has 2 rings (SSSR count). The van der Waals surface area contributed by atoms with Gasteiger partial charge in [-0.15, -0.1) is 0 Å². The Balaban J connectivity index is 2.10. The van der Waals surface area contributed by atoms with Crippen molar-refractivity contribution in [2.45, 2.75) is 13.8 Å². The molecule has 0 aromatic heterocycles. The number of Topliss-reactive ketones (excluding diaryl/α,β-unsaturated/α-hetero) is 1. The van der Waals surface area contributed by atoms with E-state index in [-0.39, 0.29) is 5.91 Å². The first kappa shape index (κ1) is 16.4. The molecule has 0 saturated carbocycles. The van der Waals surface area contributed by atoms with Gasteiger partial charge in [-0.25, -0.2) is 0 Å². The van der Waals surface area contributed by atoms with Gasteiger partial charge >= 0.3 is 0 Å². The molecule has 0 fully saturated rings. The number of nitrogens with one attached hydrogen (secondary N) is 2. The quantitative estimate of drug-likeness (QED) is 0.658. The van der Waals surface area contributed by atoms with Gasteiger partial charge in [0.15, 0.2) is 0 Å². The molecule has 118 valence electrons. The number of aryl methyl sites for hydroxylation is 1. The van der Waals surface area contributed by atoms with E-state index >= 15 is 0 Å². The third-order valence-corrected chi connectivity index (χ3v) is 3.24. The molecule has 2 N–H and O–H groups in total. The second-order valence-corrected chi connectivity index (χ2v) is 5.09. The normalized spacial score (nSPS) is 10.0. The zero-order valence-electron chi connectivity index (χ0n) is 13.1. The maximum atomic E-state index is 12.1. The Morgan fingerprint density at radius 2 is 1.65 bits per heavy atom. The Hall–Kier alpha value is -2.95. The highest BCUT2D eigenvalue weighted by Gasteiger charge is 2.16. The largest absolute Gasteiger partial charge is 0.352 e. The third kappa shape index (κ3) is 4.26. The van der Waals surface area contributed by atoms with Crippen LogP contribution < -0.4 is 10.6 Å². The van der Waals surface area contributed by atoms with Gasteiger partial charge in [-0.05, 0) is 32.0 Å². The summed E-state index contributed by atoms with van der Waals surface area (Å²) in [5.74, 6) is -1.58. The number of hydrogen-bond acceptors (Lipinski definition) is 3. The molecule has 2 aromatic rings. The first-order chi connectivity index (χ1) is 11.0. The highest BCUT2D eigenvalue weighted by molar-refractivity contribution is 6.46. The topological polar surface area (TPSA) is 75.3 Å². The van der Waals surface area contributed by atoms with Gasteiger partial charge in [0.2, 0.25) is 0 Å². The number of hydrogen-bond donors (Lipinski definition) is 2. The molecule has 0 spiro atoms. The molecule has 0 bridgehead atoms. The van der Waals surface area contributed by atoms with Crippen molar-refractivity contribution in [1.29, 1.82) is 0 Å². The zero-order valence-corrected chi connectivity index (χ0v) is 13.1. The molecule has 0 radical (unpaired) electrons. The molecule has 0 atom stereocenters. The van der Waals surface area contributed by atoms with Crippen molar-refractivity contribution in [2.75, 3.05) is 11.9 Å². The molecule has 0 aliphatic heterocycles. The Kier molecular flexibility index (Phi) is 5.25. The molecular formula is C18H18N2O3. The van der Waals surface area contributed by atoms with Crippen LogP contribution >= 0.6 is 0 Å². The molecule has 0 heterocycles. The summed E-state index contributed by atoms with van der Waals surface area (Å²) in [4.78, 5) is 35.9. The predicted octanol–water partition coefficient (Wildman–Crippen LogP) is 2.57. The van der Waals surface area contributed by atoms with Crippen LogP contribution in [0.4, 0.5) is 5.69 Å². The average Bonchev–Trinajstić information content (AvgIpc) is 2.55. The van der Waals surface area contributed by atoms with Crippen molar-refractivity contribution in [3.8, 4) is 0 Å². The van der Waals surface area contributed by atoms with E-state index in [0.717, 1.165) is 5.56 Å². The van der Waals surface area contributed by atoms with Gasteiger partial charge < -0.3 is 10.6 Å². The predicted molar refractivity (Wildman–Crippen MR) is 88.6 cm³/mol. The lowest BCUT2D eigenvalue weighted by Gasteiger charge is -2.07. The van der Waals surface area contributed by atoms with Crippen LogP contribution in [-0.4, -0.2) is 24.1 Å². The van der Waals surface area contributed by atoms with Gasteiger partial charge in [-0.1, -0.05) is 35.9 Å². The van der Waals surface area contributed by atoms with Gasteiger partial charge in [0.05, 0.1) is 0 Å². The Bertz CT molecular complexity index is 736. The molecule has 0 aliphatic carbocycles. The van der Waals surface area contributed by atoms with Crippen LogP contribution in [0, 0.1) is 6.92 Å². The zero-order chi connectivity index (χ0) is 16.8. The minimum absolute atomic E-state index is 0.228. The van der Waals surface area contributed by atoms with E-state index in [1.165, 1.54) is 6.07 Å².